The van der Waals surface area contributed by atoms with E-state index in [-0.39, 0.29) is 6.04 Å². The van der Waals surface area contributed by atoms with Gasteiger partial charge in [-0.15, -0.1) is 0 Å². The summed E-state index contributed by atoms with van der Waals surface area (Å²) in [5.74, 6) is 0. The van der Waals surface area contributed by atoms with Crippen molar-refractivity contribution in [2.75, 3.05) is 4.90 Å². The molecule has 0 spiro atoms. The van der Waals surface area contributed by atoms with Gasteiger partial charge in [-0.1, -0.05) is 6.07 Å². The molecule has 1 aliphatic carbocycles. The van der Waals surface area contributed by atoms with E-state index in [1.54, 1.807) is 12.3 Å². The molecule has 1 unspecified atom stereocenters. The zero-order valence-corrected chi connectivity index (χ0v) is 10.1. The molecule has 0 fully saturated rings. The van der Waals surface area contributed by atoms with E-state index >= 15 is 0 Å². The third kappa shape index (κ3) is 2.44. The van der Waals surface area contributed by atoms with E-state index in [4.69, 9.17) is 16.7 Å². The number of benzene rings is 1. The number of primary amides is 1. The Bertz CT molecular complexity index is 506. The van der Waals surface area contributed by atoms with Crippen molar-refractivity contribution in [3.63, 3.8) is 0 Å². The number of carbonyl (C=O) groups is 1. The van der Waals surface area contributed by atoms with Crippen molar-refractivity contribution in [3.05, 3.63) is 29.3 Å². The van der Waals surface area contributed by atoms with Crippen LogP contribution < -0.4 is 16.4 Å². The summed E-state index contributed by atoms with van der Waals surface area (Å²) in [7, 11) is 0. The molecule has 1 aliphatic rings. The van der Waals surface area contributed by atoms with Crippen molar-refractivity contribution >= 4 is 11.7 Å². The van der Waals surface area contributed by atoms with Crippen molar-refractivity contribution in [2.24, 2.45) is 11.5 Å². The average Bonchev–Trinajstić information content (AvgIpc) is 2.52. The second-order valence-electron chi connectivity index (χ2n) is 4.56. The maximum absolute atomic E-state index is 11.1. The first-order valence-electron chi connectivity index (χ1n) is 5.98. The van der Waals surface area contributed by atoms with Crippen molar-refractivity contribution in [3.8, 4) is 6.19 Å². The van der Waals surface area contributed by atoms with Crippen LogP contribution in [-0.2, 0) is 12.8 Å². The molecule has 0 saturated heterocycles. The number of fused-ring (bicyclic) bond motifs is 1. The van der Waals surface area contributed by atoms with Crippen LogP contribution in [-0.4, -0.2) is 12.1 Å². The van der Waals surface area contributed by atoms with E-state index in [1.807, 2.05) is 12.1 Å². The molecule has 1 atom stereocenters. The van der Waals surface area contributed by atoms with Gasteiger partial charge < -0.3 is 11.5 Å². The van der Waals surface area contributed by atoms with Crippen LogP contribution >= 0.6 is 0 Å². The van der Waals surface area contributed by atoms with Gasteiger partial charge >= 0.3 is 6.03 Å². The van der Waals surface area contributed by atoms with Gasteiger partial charge in [0, 0.05) is 6.04 Å². The Kier molecular flexibility index (Phi) is 3.49. The van der Waals surface area contributed by atoms with Gasteiger partial charge in [0.05, 0.1) is 5.69 Å². The predicted octanol–water partition coefficient (Wildman–Crippen LogP) is 1.26. The van der Waals surface area contributed by atoms with E-state index in [0.29, 0.717) is 5.69 Å². The van der Waals surface area contributed by atoms with Crippen LogP contribution in [0.2, 0.25) is 0 Å². The molecule has 0 saturated carbocycles. The molecule has 0 radical (unpaired) electrons. The Balaban J connectivity index is 2.33. The van der Waals surface area contributed by atoms with Crippen molar-refractivity contribution in [1.82, 2.24) is 0 Å². The molecule has 1 aromatic rings. The van der Waals surface area contributed by atoms with Crippen LogP contribution in [0, 0.1) is 11.5 Å². The van der Waals surface area contributed by atoms with E-state index in [0.717, 1.165) is 36.1 Å². The molecule has 0 heterocycles. The normalized spacial score (nSPS) is 18.3. The number of amides is 2. The SMILES string of the molecule is N#CN(C(N)=O)c1ccc2c(c1)CCC(N)CC2. The monoisotopic (exact) mass is 244 g/mol. The van der Waals surface area contributed by atoms with Crippen molar-refractivity contribution in [1.29, 1.82) is 5.26 Å². The Labute approximate surface area is 106 Å². The lowest BCUT2D eigenvalue weighted by Crippen LogP contribution is -2.31. The van der Waals surface area contributed by atoms with Gasteiger partial charge in [-0.3, -0.25) is 0 Å². The second kappa shape index (κ2) is 5.07. The minimum absolute atomic E-state index is 0.226. The zero-order chi connectivity index (χ0) is 13.1. The van der Waals surface area contributed by atoms with E-state index in [9.17, 15) is 4.79 Å². The zero-order valence-electron chi connectivity index (χ0n) is 10.1. The molecule has 2 rings (SSSR count). The molecule has 0 bridgehead atoms. The minimum atomic E-state index is -0.761. The van der Waals surface area contributed by atoms with Crippen LogP contribution in [0.25, 0.3) is 0 Å². The number of hydrogen-bond donors (Lipinski definition) is 2. The van der Waals surface area contributed by atoms with Crippen molar-refractivity contribution in [2.45, 2.75) is 31.7 Å². The quantitative estimate of drug-likeness (QED) is 0.442. The first-order valence-corrected chi connectivity index (χ1v) is 5.98. The molecule has 2 amide bonds. The average molecular weight is 244 g/mol. The van der Waals surface area contributed by atoms with Gasteiger partial charge in [-0.25, -0.2) is 4.79 Å². The summed E-state index contributed by atoms with van der Waals surface area (Å²) in [5.41, 5.74) is 14.0. The summed E-state index contributed by atoms with van der Waals surface area (Å²) in [4.78, 5) is 12.0. The Morgan fingerprint density at radius 2 is 2.00 bits per heavy atom. The fraction of sp³-hybridized carbons (Fsp3) is 0.385. The number of urea groups is 1. The molecule has 0 aliphatic heterocycles. The molecule has 5 heteroatoms. The molecule has 4 N–H and O–H groups in total. The largest absolute Gasteiger partial charge is 0.350 e. The van der Waals surface area contributed by atoms with Gasteiger partial charge in [0.25, 0.3) is 0 Å². The molecule has 18 heavy (non-hydrogen) atoms. The third-order valence-corrected chi connectivity index (χ3v) is 3.34. The van der Waals surface area contributed by atoms with Gasteiger partial charge in [0.15, 0.2) is 6.19 Å². The van der Waals surface area contributed by atoms with Crippen LogP contribution in [0.15, 0.2) is 18.2 Å². The van der Waals surface area contributed by atoms with Gasteiger partial charge in [-0.2, -0.15) is 10.2 Å². The fourth-order valence-electron chi connectivity index (χ4n) is 2.29. The fourth-order valence-corrected chi connectivity index (χ4v) is 2.29. The predicted molar refractivity (Wildman–Crippen MR) is 68.7 cm³/mol. The maximum atomic E-state index is 11.1. The number of nitrogens with zero attached hydrogens (tertiary/aromatic N) is 2. The number of carbonyl (C=O) groups excluding carboxylic acids is 1. The van der Waals surface area contributed by atoms with E-state index < -0.39 is 6.03 Å². The van der Waals surface area contributed by atoms with Crippen LogP contribution in [0.4, 0.5) is 10.5 Å². The topological polar surface area (TPSA) is 96.1 Å². The standard InChI is InChI=1S/C13H16N4O/c14-8-17(13(16)18)12-6-3-9-1-4-11(15)5-2-10(9)7-12/h3,6-7,11H,1-2,4-5,15H2,(H2,16,18). The lowest BCUT2D eigenvalue weighted by molar-refractivity contribution is 0.256. The Morgan fingerprint density at radius 3 is 2.61 bits per heavy atom. The number of nitriles is 1. The third-order valence-electron chi connectivity index (χ3n) is 3.34. The maximum Gasteiger partial charge on any atom is 0.332 e. The first kappa shape index (κ1) is 12.4. The van der Waals surface area contributed by atoms with E-state index in [2.05, 4.69) is 0 Å². The molecule has 94 valence electrons. The second-order valence-corrected chi connectivity index (χ2v) is 4.56. The summed E-state index contributed by atoms with van der Waals surface area (Å²) in [6.07, 6.45) is 5.51. The summed E-state index contributed by atoms with van der Waals surface area (Å²) in [6.45, 7) is 0. The highest BCUT2D eigenvalue weighted by molar-refractivity contribution is 5.93. The minimum Gasteiger partial charge on any atom is -0.350 e. The lowest BCUT2D eigenvalue weighted by Gasteiger charge is -2.13. The molecule has 0 aromatic heterocycles. The van der Waals surface area contributed by atoms with Gasteiger partial charge in [0.2, 0.25) is 0 Å². The highest BCUT2D eigenvalue weighted by atomic mass is 16.2. The van der Waals surface area contributed by atoms with Gasteiger partial charge in [-0.05, 0) is 48.9 Å². The number of hydrogen-bond acceptors (Lipinski definition) is 3. The molecular weight excluding hydrogens is 228 g/mol. The number of aryl methyl sites for hydroxylation is 2. The number of rotatable bonds is 1. The molecule has 5 nitrogen and oxygen atoms in total. The number of nitrogens with two attached hydrogens (primary N) is 2. The summed E-state index contributed by atoms with van der Waals surface area (Å²) < 4.78 is 0. The van der Waals surface area contributed by atoms with Crippen LogP contribution in [0.1, 0.15) is 24.0 Å². The Morgan fingerprint density at radius 1 is 1.33 bits per heavy atom. The van der Waals surface area contributed by atoms with E-state index in [1.165, 1.54) is 5.56 Å². The summed E-state index contributed by atoms with van der Waals surface area (Å²) in [5, 5.41) is 8.91. The van der Waals surface area contributed by atoms with Gasteiger partial charge in [0.1, 0.15) is 0 Å². The highest BCUT2D eigenvalue weighted by Gasteiger charge is 2.17. The summed E-state index contributed by atoms with van der Waals surface area (Å²) >= 11 is 0. The first-order chi connectivity index (χ1) is 8.61. The number of anilines is 1. The van der Waals surface area contributed by atoms with Crippen molar-refractivity contribution < 1.29 is 4.79 Å². The smallest absolute Gasteiger partial charge is 0.332 e. The lowest BCUT2D eigenvalue weighted by atomic mass is 10.0. The molecule has 1 aromatic carbocycles. The summed E-state index contributed by atoms with van der Waals surface area (Å²) in [6, 6.07) is 5.04. The molecular formula is C13H16N4O. The van der Waals surface area contributed by atoms with Crippen LogP contribution in [0.3, 0.4) is 0 Å². The van der Waals surface area contributed by atoms with Crippen LogP contribution in [0.5, 0.6) is 0 Å². The Hall–Kier alpha value is -2.06. The highest BCUT2D eigenvalue weighted by Crippen LogP contribution is 2.25.